The lowest BCUT2D eigenvalue weighted by atomic mass is 10.1. The third-order valence-electron chi connectivity index (χ3n) is 5.78. The molecule has 13 heteroatoms. The molecule has 0 saturated carbocycles. The van der Waals surface area contributed by atoms with Crippen LogP contribution >= 0.6 is 0 Å². The summed E-state index contributed by atoms with van der Waals surface area (Å²) < 4.78 is 107. The van der Waals surface area contributed by atoms with Gasteiger partial charge in [0.15, 0.2) is 0 Å². The molecule has 1 aliphatic rings. The normalized spacial score (nSPS) is 15.6. The Hall–Kier alpha value is -3.71. The maximum atomic E-state index is 14.3. The van der Waals surface area contributed by atoms with E-state index in [0.717, 1.165) is 28.6 Å². The summed E-state index contributed by atoms with van der Waals surface area (Å²) in [7, 11) is -2.97. The molecule has 0 aliphatic carbocycles. The van der Waals surface area contributed by atoms with Crippen LogP contribution in [0.3, 0.4) is 0 Å². The predicted octanol–water partition coefficient (Wildman–Crippen LogP) is 5.15. The Morgan fingerprint density at radius 1 is 1.11 bits per heavy atom. The first-order valence-electron chi connectivity index (χ1n) is 11.1. The molecule has 0 aromatic heterocycles. The van der Waals surface area contributed by atoms with E-state index in [4.69, 9.17) is 9.47 Å². The zero-order chi connectivity index (χ0) is 27.8. The smallest absolute Gasteiger partial charge is 0.417 e. The maximum Gasteiger partial charge on any atom is 0.417 e. The van der Waals surface area contributed by atoms with Gasteiger partial charge in [0.1, 0.15) is 23.5 Å². The predicted molar refractivity (Wildman–Crippen MR) is 128 cm³/mol. The number of nitrogens with zero attached hydrogens (tertiary/aromatic N) is 1. The number of hydrogen-bond acceptors (Lipinski definition) is 5. The van der Waals surface area contributed by atoms with Crippen molar-refractivity contribution in [3.05, 3.63) is 82.9 Å². The number of sulfonamides is 1. The molecule has 1 amide bonds. The van der Waals surface area contributed by atoms with E-state index in [2.05, 4.69) is 5.32 Å². The number of benzene rings is 3. The van der Waals surface area contributed by atoms with Crippen LogP contribution in [0.25, 0.3) is 0 Å². The van der Waals surface area contributed by atoms with Gasteiger partial charge in [-0.3, -0.25) is 9.10 Å². The number of carbonyl (C=O) groups excluding carboxylic acids is 1. The monoisotopic (exact) mass is 556 g/mol. The molecule has 0 bridgehead atoms. The van der Waals surface area contributed by atoms with Gasteiger partial charge in [-0.15, -0.1) is 0 Å². The number of alkyl halides is 3. The first kappa shape index (κ1) is 27.3. The molecule has 202 valence electrons. The minimum absolute atomic E-state index is 0.0136. The Bertz CT molecular complexity index is 1490. The van der Waals surface area contributed by atoms with Gasteiger partial charge in [-0.1, -0.05) is 12.1 Å². The highest BCUT2D eigenvalue weighted by atomic mass is 32.2. The Balaban J connectivity index is 1.75. The van der Waals surface area contributed by atoms with E-state index in [1.807, 2.05) is 0 Å². The van der Waals surface area contributed by atoms with Crippen LogP contribution < -0.4 is 14.4 Å². The van der Waals surface area contributed by atoms with E-state index in [1.54, 1.807) is 0 Å². The molecule has 7 nitrogen and oxygen atoms in total. The van der Waals surface area contributed by atoms with Crippen LogP contribution in [0.4, 0.5) is 33.3 Å². The molecular formula is C25H21F5N2O5S. The minimum atomic E-state index is -5.00. The summed E-state index contributed by atoms with van der Waals surface area (Å²) in [6.45, 7) is 1.24. The fraction of sp³-hybridized carbons (Fsp3) is 0.240. The van der Waals surface area contributed by atoms with Gasteiger partial charge in [0.2, 0.25) is 0 Å². The minimum Gasteiger partial charge on any atom is -0.484 e. The molecule has 0 saturated heterocycles. The molecule has 4 rings (SSSR count). The second-order valence-electron chi connectivity index (χ2n) is 8.44. The first-order valence-corrected chi connectivity index (χ1v) is 12.5. The molecule has 0 spiro atoms. The van der Waals surface area contributed by atoms with Crippen molar-refractivity contribution in [1.29, 1.82) is 0 Å². The summed E-state index contributed by atoms with van der Waals surface area (Å²) in [5, 5.41) is 2.19. The second-order valence-corrected chi connectivity index (χ2v) is 10.3. The molecule has 1 atom stereocenters. The number of anilines is 2. The largest absolute Gasteiger partial charge is 0.484 e. The number of methoxy groups -OCH3 is 1. The average molecular weight is 557 g/mol. The van der Waals surface area contributed by atoms with Crippen molar-refractivity contribution in [3.8, 4) is 5.75 Å². The molecule has 0 fully saturated rings. The molecule has 38 heavy (non-hydrogen) atoms. The van der Waals surface area contributed by atoms with Crippen molar-refractivity contribution in [1.82, 2.24) is 0 Å². The lowest BCUT2D eigenvalue weighted by Gasteiger charge is -2.35. The number of amides is 1. The number of hydrogen-bond donors (Lipinski definition) is 1. The fourth-order valence-electron chi connectivity index (χ4n) is 3.94. The van der Waals surface area contributed by atoms with Gasteiger partial charge in [-0.25, -0.2) is 17.2 Å². The van der Waals surface area contributed by atoms with Gasteiger partial charge in [0, 0.05) is 12.8 Å². The first-order chi connectivity index (χ1) is 17.8. The van der Waals surface area contributed by atoms with Crippen molar-refractivity contribution in [2.24, 2.45) is 0 Å². The van der Waals surface area contributed by atoms with Gasteiger partial charge >= 0.3 is 6.18 Å². The molecule has 3 aromatic rings. The van der Waals surface area contributed by atoms with Crippen molar-refractivity contribution >= 4 is 27.3 Å². The van der Waals surface area contributed by atoms with E-state index >= 15 is 0 Å². The van der Waals surface area contributed by atoms with Crippen molar-refractivity contribution in [2.45, 2.75) is 24.1 Å². The third-order valence-corrected chi connectivity index (χ3v) is 7.55. The zero-order valence-electron chi connectivity index (χ0n) is 20.0. The standard InChI is InChI=1S/C25H21F5N2O5S/c1-14-6-8-17(11-20(14)27)38(34,35)32-12-16(13-36-2)37-22-9-7-15(10-21(22)32)31-24(33)23-18(25(28,29)30)4-3-5-19(23)26/h3-11,16H,12-13H2,1-2H3,(H,31,33). The molecule has 1 aliphatic heterocycles. The number of nitrogens with one attached hydrogen (secondary N) is 1. The number of aryl methyl sites for hydroxylation is 1. The van der Waals surface area contributed by atoms with Crippen LogP contribution in [-0.2, 0) is 20.9 Å². The molecule has 3 aromatic carbocycles. The number of halogens is 5. The second kappa shape index (κ2) is 10.2. The molecule has 1 N–H and O–H groups in total. The summed E-state index contributed by atoms with van der Waals surface area (Å²) in [6.07, 6.45) is -5.74. The lowest BCUT2D eigenvalue weighted by molar-refractivity contribution is -0.138. The van der Waals surface area contributed by atoms with E-state index < -0.39 is 51.0 Å². The van der Waals surface area contributed by atoms with Crippen LogP contribution in [0.2, 0.25) is 0 Å². The fourth-order valence-corrected chi connectivity index (χ4v) is 5.45. The topological polar surface area (TPSA) is 84.9 Å². The van der Waals surface area contributed by atoms with Gasteiger partial charge in [0.25, 0.3) is 15.9 Å². The SMILES string of the molecule is COCC1CN(S(=O)(=O)c2ccc(C)c(F)c2)c2cc(NC(=O)c3c(F)cccc3C(F)(F)F)ccc2O1. The van der Waals surface area contributed by atoms with Crippen molar-refractivity contribution in [3.63, 3.8) is 0 Å². The van der Waals surface area contributed by atoms with Gasteiger partial charge in [-0.2, -0.15) is 13.2 Å². The van der Waals surface area contributed by atoms with Crippen molar-refractivity contribution in [2.75, 3.05) is 29.9 Å². The van der Waals surface area contributed by atoms with E-state index in [9.17, 15) is 35.2 Å². The van der Waals surface area contributed by atoms with E-state index in [-0.39, 0.29) is 40.7 Å². The van der Waals surface area contributed by atoms with Crippen LogP contribution in [-0.4, -0.2) is 40.7 Å². The number of rotatable bonds is 6. The summed E-state index contributed by atoms with van der Waals surface area (Å²) in [5.41, 5.74) is -2.65. The quantitative estimate of drug-likeness (QED) is 0.425. The Morgan fingerprint density at radius 3 is 2.50 bits per heavy atom. The van der Waals surface area contributed by atoms with Crippen LogP contribution in [0.5, 0.6) is 5.75 Å². The number of ether oxygens (including phenoxy) is 2. The summed E-state index contributed by atoms with van der Waals surface area (Å²) in [4.78, 5) is 12.4. The highest BCUT2D eigenvalue weighted by Crippen LogP contribution is 2.40. The highest BCUT2D eigenvalue weighted by molar-refractivity contribution is 7.92. The van der Waals surface area contributed by atoms with Gasteiger partial charge in [-0.05, 0) is 55.0 Å². The highest BCUT2D eigenvalue weighted by Gasteiger charge is 2.38. The number of carbonyl (C=O) groups is 1. The zero-order valence-corrected chi connectivity index (χ0v) is 20.8. The summed E-state index contributed by atoms with van der Waals surface area (Å²) >= 11 is 0. The lowest BCUT2D eigenvalue weighted by Crippen LogP contribution is -2.45. The number of fused-ring (bicyclic) bond motifs is 1. The van der Waals surface area contributed by atoms with Gasteiger partial charge < -0.3 is 14.8 Å². The van der Waals surface area contributed by atoms with Gasteiger partial charge in [0.05, 0.1) is 34.9 Å². The molecule has 0 radical (unpaired) electrons. The Labute approximate surface area is 214 Å². The maximum absolute atomic E-state index is 14.3. The molecular weight excluding hydrogens is 535 g/mol. The Kier molecular flexibility index (Phi) is 7.35. The van der Waals surface area contributed by atoms with Crippen LogP contribution in [0.15, 0.2) is 59.5 Å². The summed E-state index contributed by atoms with van der Waals surface area (Å²) in [6, 6.07) is 9.25. The van der Waals surface area contributed by atoms with Crippen LogP contribution in [0, 0.1) is 18.6 Å². The van der Waals surface area contributed by atoms with Crippen LogP contribution in [0.1, 0.15) is 21.5 Å². The summed E-state index contributed by atoms with van der Waals surface area (Å²) in [5.74, 6) is -3.44. The van der Waals surface area contributed by atoms with E-state index in [1.165, 1.54) is 38.3 Å². The van der Waals surface area contributed by atoms with E-state index in [0.29, 0.717) is 6.07 Å². The van der Waals surface area contributed by atoms with Crippen molar-refractivity contribution < 1.29 is 44.6 Å². The third kappa shape index (κ3) is 5.29. The molecule has 1 heterocycles. The average Bonchev–Trinajstić information content (AvgIpc) is 2.84. The Morgan fingerprint density at radius 2 is 1.84 bits per heavy atom. The molecule has 1 unspecified atom stereocenters.